The predicted molar refractivity (Wildman–Crippen MR) is 93.5 cm³/mol. The highest BCUT2D eigenvalue weighted by molar-refractivity contribution is 7.92. The van der Waals surface area contributed by atoms with Gasteiger partial charge in [-0.1, -0.05) is 26.8 Å². The monoisotopic (exact) mass is 351 g/mol. The van der Waals surface area contributed by atoms with Gasteiger partial charge in [-0.15, -0.1) is 0 Å². The lowest BCUT2D eigenvalue weighted by Crippen LogP contribution is -2.17. The largest absolute Gasteiger partial charge is 0.492 e. The van der Waals surface area contributed by atoms with Gasteiger partial charge in [-0.25, -0.2) is 12.8 Å². The fourth-order valence-corrected chi connectivity index (χ4v) is 3.42. The number of hydrogen-bond acceptors (Lipinski definition) is 3. The van der Waals surface area contributed by atoms with Gasteiger partial charge in [0.1, 0.15) is 16.5 Å². The molecule has 24 heavy (non-hydrogen) atoms. The van der Waals surface area contributed by atoms with Crippen molar-refractivity contribution in [1.29, 1.82) is 0 Å². The summed E-state index contributed by atoms with van der Waals surface area (Å²) in [6.07, 6.45) is 0. The lowest BCUT2D eigenvalue weighted by molar-refractivity contribution is 0.331. The van der Waals surface area contributed by atoms with E-state index >= 15 is 0 Å². The Morgan fingerprint density at radius 2 is 1.71 bits per heavy atom. The molecule has 130 valence electrons. The molecule has 4 nitrogen and oxygen atoms in total. The summed E-state index contributed by atoms with van der Waals surface area (Å²) in [7, 11) is -3.86. The summed E-state index contributed by atoms with van der Waals surface area (Å²) in [6, 6.07) is 10.3. The number of ether oxygens (including phenoxy) is 1. The van der Waals surface area contributed by atoms with Gasteiger partial charge in [0.2, 0.25) is 0 Å². The van der Waals surface area contributed by atoms with E-state index in [9.17, 15) is 12.8 Å². The van der Waals surface area contributed by atoms with Crippen molar-refractivity contribution in [3.63, 3.8) is 0 Å². The minimum atomic E-state index is -3.86. The van der Waals surface area contributed by atoms with Crippen LogP contribution in [0.2, 0.25) is 0 Å². The van der Waals surface area contributed by atoms with Crippen molar-refractivity contribution >= 4 is 15.7 Å². The maximum Gasteiger partial charge on any atom is 0.265 e. The van der Waals surface area contributed by atoms with E-state index in [-0.39, 0.29) is 10.3 Å². The zero-order valence-electron chi connectivity index (χ0n) is 14.3. The van der Waals surface area contributed by atoms with Crippen molar-refractivity contribution in [2.75, 3.05) is 11.3 Å². The minimum Gasteiger partial charge on any atom is -0.492 e. The van der Waals surface area contributed by atoms with Crippen LogP contribution in [0.15, 0.2) is 47.4 Å². The van der Waals surface area contributed by atoms with Gasteiger partial charge in [-0.3, -0.25) is 4.72 Å². The predicted octanol–water partition coefficient (Wildman–Crippen LogP) is 4.32. The molecule has 6 heteroatoms. The average molecular weight is 351 g/mol. The van der Waals surface area contributed by atoms with E-state index in [0.29, 0.717) is 18.0 Å². The van der Waals surface area contributed by atoms with Crippen LogP contribution in [0.25, 0.3) is 0 Å². The molecular weight excluding hydrogens is 329 g/mol. The zero-order chi connectivity index (χ0) is 18.0. The Morgan fingerprint density at radius 3 is 2.25 bits per heavy atom. The third-order valence-electron chi connectivity index (χ3n) is 3.50. The third kappa shape index (κ3) is 4.26. The Bertz CT molecular complexity index is 809. The molecule has 0 saturated carbocycles. The standard InChI is InChI=1S/C18H22FNO3S/c1-5-23-16-11-6-13(18(2,3)4)12-17(16)24(21,22)20-15-9-7-14(19)8-10-15/h6-12,20H,5H2,1-4H3. The van der Waals surface area contributed by atoms with Gasteiger partial charge in [-0.05, 0) is 54.3 Å². The molecule has 0 atom stereocenters. The Labute approximate surface area is 142 Å². The number of halogens is 1. The molecule has 0 aromatic heterocycles. The Morgan fingerprint density at radius 1 is 1.08 bits per heavy atom. The number of hydrogen-bond donors (Lipinski definition) is 1. The van der Waals surface area contributed by atoms with E-state index in [1.807, 2.05) is 26.8 Å². The summed E-state index contributed by atoms with van der Waals surface area (Å²) in [5.41, 5.74) is 0.968. The average Bonchev–Trinajstić information content (AvgIpc) is 2.49. The second kappa shape index (κ2) is 6.81. The number of benzene rings is 2. The van der Waals surface area contributed by atoms with Crippen molar-refractivity contribution < 1.29 is 17.5 Å². The molecule has 0 aliphatic rings. The fraction of sp³-hybridized carbons (Fsp3) is 0.333. The first-order valence-electron chi connectivity index (χ1n) is 7.69. The summed E-state index contributed by atoms with van der Waals surface area (Å²) < 4.78 is 46.5. The molecule has 1 N–H and O–H groups in total. The van der Waals surface area contributed by atoms with Crippen molar-refractivity contribution in [1.82, 2.24) is 0 Å². The first kappa shape index (κ1) is 18.3. The highest BCUT2D eigenvalue weighted by Crippen LogP contribution is 2.32. The molecule has 2 rings (SSSR count). The Hall–Kier alpha value is -2.08. The molecule has 0 radical (unpaired) electrons. The van der Waals surface area contributed by atoms with Gasteiger partial charge in [0.05, 0.1) is 6.61 Å². The number of sulfonamides is 1. The first-order chi connectivity index (χ1) is 11.1. The van der Waals surface area contributed by atoms with E-state index in [4.69, 9.17) is 4.74 Å². The molecule has 0 aliphatic carbocycles. The first-order valence-corrected chi connectivity index (χ1v) is 9.17. The summed E-state index contributed by atoms with van der Waals surface area (Å²) >= 11 is 0. The minimum absolute atomic E-state index is 0.0705. The van der Waals surface area contributed by atoms with Crippen LogP contribution in [0, 0.1) is 5.82 Å². The van der Waals surface area contributed by atoms with Gasteiger partial charge in [-0.2, -0.15) is 0 Å². The van der Waals surface area contributed by atoms with Crippen LogP contribution >= 0.6 is 0 Å². The molecule has 0 fully saturated rings. The second-order valence-corrected chi connectivity index (χ2v) is 8.11. The Balaban J connectivity index is 2.48. The van der Waals surface area contributed by atoms with Crippen LogP contribution in [0.3, 0.4) is 0 Å². The van der Waals surface area contributed by atoms with Crippen molar-refractivity contribution in [2.45, 2.75) is 38.0 Å². The molecule has 2 aromatic rings. The van der Waals surface area contributed by atoms with E-state index in [0.717, 1.165) is 5.56 Å². The lowest BCUT2D eigenvalue weighted by atomic mass is 9.87. The second-order valence-electron chi connectivity index (χ2n) is 6.46. The van der Waals surface area contributed by atoms with Gasteiger partial charge in [0.15, 0.2) is 0 Å². The van der Waals surface area contributed by atoms with Crippen LogP contribution in [-0.2, 0) is 15.4 Å². The Kier molecular flexibility index (Phi) is 5.18. The van der Waals surface area contributed by atoms with E-state index in [2.05, 4.69) is 4.72 Å². The third-order valence-corrected chi connectivity index (χ3v) is 4.90. The van der Waals surface area contributed by atoms with Crippen LogP contribution < -0.4 is 9.46 Å². The molecule has 0 aliphatic heterocycles. The van der Waals surface area contributed by atoms with Crippen molar-refractivity contribution in [2.24, 2.45) is 0 Å². The van der Waals surface area contributed by atoms with Crippen LogP contribution in [0.4, 0.5) is 10.1 Å². The molecule has 0 unspecified atom stereocenters. The lowest BCUT2D eigenvalue weighted by Gasteiger charge is -2.21. The molecule has 0 amide bonds. The summed E-state index contributed by atoms with van der Waals surface area (Å²) in [5.74, 6) is -0.136. The zero-order valence-corrected chi connectivity index (χ0v) is 15.1. The van der Waals surface area contributed by atoms with Gasteiger partial charge < -0.3 is 4.74 Å². The van der Waals surface area contributed by atoms with E-state index in [1.54, 1.807) is 19.1 Å². The number of anilines is 1. The van der Waals surface area contributed by atoms with E-state index in [1.165, 1.54) is 24.3 Å². The van der Waals surface area contributed by atoms with Gasteiger partial charge in [0, 0.05) is 5.69 Å². The topological polar surface area (TPSA) is 55.4 Å². The highest BCUT2D eigenvalue weighted by Gasteiger charge is 2.24. The smallest absolute Gasteiger partial charge is 0.265 e. The summed E-state index contributed by atoms with van der Waals surface area (Å²) in [6.45, 7) is 8.17. The molecule has 0 spiro atoms. The maximum absolute atomic E-state index is 13.0. The van der Waals surface area contributed by atoms with Crippen LogP contribution in [0.1, 0.15) is 33.3 Å². The SMILES string of the molecule is CCOc1ccc(C(C)(C)C)cc1S(=O)(=O)Nc1ccc(F)cc1. The van der Waals surface area contributed by atoms with Crippen LogP contribution in [-0.4, -0.2) is 15.0 Å². The quantitative estimate of drug-likeness (QED) is 0.873. The number of nitrogens with one attached hydrogen (secondary N) is 1. The van der Waals surface area contributed by atoms with Crippen molar-refractivity contribution in [3.8, 4) is 5.75 Å². The van der Waals surface area contributed by atoms with E-state index < -0.39 is 15.8 Å². The molecule has 0 bridgehead atoms. The molecule has 0 heterocycles. The van der Waals surface area contributed by atoms with Gasteiger partial charge in [0.25, 0.3) is 10.0 Å². The number of rotatable bonds is 5. The summed E-state index contributed by atoms with van der Waals surface area (Å²) in [4.78, 5) is 0.0705. The summed E-state index contributed by atoms with van der Waals surface area (Å²) in [5, 5.41) is 0. The van der Waals surface area contributed by atoms with Crippen molar-refractivity contribution in [3.05, 3.63) is 53.8 Å². The fourth-order valence-electron chi connectivity index (χ4n) is 2.19. The van der Waals surface area contributed by atoms with Crippen LogP contribution in [0.5, 0.6) is 5.75 Å². The van der Waals surface area contributed by atoms with Gasteiger partial charge >= 0.3 is 0 Å². The maximum atomic E-state index is 13.0. The molecule has 0 saturated heterocycles. The highest BCUT2D eigenvalue weighted by atomic mass is 32.2. The molecular formula is C18H22FNO3S. The molecule has 2 aromatic carbocycles. The normalized spacial score (nSPS) is 12.0.